The Morgan fingerprint density at radius 3 is 0.905 bits per heavy atom. The van der Waals surface area contributed by atoms with E-state index in [0.717, 1.165) is 44.9 Å². The van der Waals surface area contributed by atoms with E-state index >= 15 is 0 Å². The Morgan fingerprint density at radius 2 is 0.595 bits per heavy atom. The molecule has 0 heterocycles. The first-order valence-electron chi connectivity index (χ1n) is 38.6. The lowest BCUT2D eigenvalue weighted by atomic mass is 10.0. The Bertz CT molecular complexity index is 1320. The smallest absolute Gasteiger partial charge is 0.305 e. The predicted octanol–water partition coefficient (Wildman–Crippen LogP) is 25.3. The van der Waals surface area contributed by atoms with E-state index in [-0.39, 0.29) is 18.5 Å². The molecule has 0 aliphatic rings. The number of nitrogens with one attached hydrogen (secondary N) is 1. The molecule has 0 fully saturated rings. The van der Waals surface area contributed by atoms with Crippen LogP contribution in [0, 0.1) is 0 Å². The number of allylic oxidation sites excluding steroid dienone is 4. The van der Waals surface area contributed by atoms with Crippen LogP contribution >= 0.6 is 0 Å². The van der Waals surface area contributed by atoms with Crippen molar-refractivity contribution in [2.24, 2.45) is 0 Å². The lowest BCUT2D eigenvalue weighted by Crippen LogP contribution is -2.45. The van der Waals surface area contributed by atoms with Crippen LogP contribution in [0.1, 0.15) is 438 Å². The van der Waals surface area contributed by atoms with Gasteiger partial charge >= 0.3 is 5.97 Å². The largest absolute Gasteiger partial charge is 0.466 e. The summed E-state index contributed by atoms with van der Waals surface area (Å²) in [7, 11) is 0. The third kappa shape index (κ3) is 69.4. The fourth-order valence-corrected chi connectivity index (χ4v) is 12.4. The Morgan fingerprint density at radius 1 is 0.333 bits per heavy atom. The van der Waals surface area contributed by atoms with Crippen molar-refractivity contribution in [3.63, 3.8) is 0 Å². The normalized spacial score (nSPS) is 12.6. The summed E-state index contributed by atoms with van der Waals surface area (Å²) in [5.41, 5.74) is 0. The minimum Gasteiger partial charge on any atom is -0.466 e. The number of aliphatic hydroxyl groups excluding tert-OH is 2. The molecule has 0 aromatic carbocycles. The van der Waals surface area contributed by atoms with Crippen molar-refractivity contribution in [2.45, 2.75) is 450 Å². The van der Waals surface area contributed by atoms with E-state index in [1.807, 2.05) is 0 Å². The van der Waals surface area contributed by atoms with Crippen LogP contribution < -0.4 is 5.32 Å². The summed E-state index contributed by atoms with van der Waals surface area (Å²) in [6.07, 6.45) is 94.0. The van der Waals surface area contributed by atoms with Crippen LogP contribution in [-0.4, -0.2) is 47.4 Å². The van der Waals surface area contributed by atoms with Gasteiger partial charge in [-0.1, -0.05) is 391 Å². The van der Waals surface area contributed by atoms with Crippen molar-refractivity contribution in [2.75, 3.05) is 13.2 Å². The van der Waals surface area contributed by atoms with E-state index in [2.05, 4.69) is 43.5 Å². The summed E-state index contributed by atoms with van der Waals surface area (Å²) in [5.74, 6) is -0.0114. The van der Waals surface area contributed by atoms with Gasteiger partial charge in [0.25, 0.3) is 0 Å². The van der Waals surface area contributed by atoms with Crippen molar-refractivity contribution in [3.05, 3.63) is 24.3 Å². The number of hydrogen-bond acceptors (Lipinski definition) is 5. The SMILES string of the molecule is CCCCCCCCCCCCCCCCCCCCCC(=O)OCCCCCCCCCCC/C=C\C/C=C\CCCCCCCCCCCCCCCCCC(=O)NC(CO)C(O)CCCCCCCCCCCCCCCCCCC. The van der Waals surface area contributed by atoms with Gasteiger partial charge in [-0.3, -0.25) is 9.59 Å². The van der Waals surface area contributed by atoms with Gasteiger partial charge in [0.2, 0.25) is 5.91 Å². The van der Waals surface area contributed by atoms with Crippen LogP contribution in [0.2, 0.25) is 0 Å². The maximum absolute atomic E-state index is 12.5. The highest BCUT2D eigenvalue weighted by molar-refractivity contribution is 5.76. The highest BCUT2D eigenvalue weighted by atomic mass is 16.5. The third-order valence-corrected chi connectivity index (χ3v) is 18.3. The average molecular weight is 1180 g/mol. The molecule has 2 unspecified atom stereocenters. The number of unbranched alkanes of at least 4 members (excludes halogenated alkanes) is 58. The molecule has 0 aromatic rings. The molecule has 0 bridgehead atoms. The Hall–Kier alpha value is -1.66. The van der Waals surface area contributed by atoms with Crippen molar-refractivity contribution in [1.29, 1.82) is 0 Å². The van der Waals surface area contributed by atoms with Gasteiger partial charge in [-0.2, -0.15) is 0 Å². The van der Waals surface area contributed by atoms with Crippen molar-refractivity contribution in [1.82, 2.24) is 5.32 Å². The summed E-state index contributed by atoms with van der Waals surface area (Å²) < 4.78 is 5.51. The first kappa shape index (κ1) is 82.3. The zero-order valence-electron chi connectivity index (χ0n) is 57.2. The van der Waals surface area contributed by atoms with Crippen LogP contribution in [0.25, 0.3) is 0 Å². The Balaban J connectivity index is 3.37. The van der Waals surface area contributed by atoms with E-state index < -0.39 is 12.1 Å². The van der Waals surface area contributed by atoms with Gasteiger partial charge in [-0.25, -0.2) is 0 Å². The monoisotopic (exact) mass is 1180 g/mol. The van der Waals surface area contributed by atoms with E-state index in [9.17, 15) is 19.8 Å². The topological polar surface area (TPSA) is 95.9 Å². The van der Waals surface area contributed by atoms with E-state index in [1.165, 1.54) is 360 Å². The van der Waals surface area contributed by atoms with Crippen LogP contribution in [0.15, 0.2) is 24.3 Å². The average Bonchev–Trinajstić information content (AvgIpc) is 3.51. The minimum absolute atomic E-state index is 0.0190. The summed E-state index contributed by atoms with van der Waals surface area (Å²) in [4.78, 5) is 24.7. The summed E-state index contributed by atoms with van der Waals surface area (Å²) in [5, 5.41) is 23.4. The maximum atomic E-state index is 12.5. The number of carbonyl (C=O) groups excluding carboxylic acids is 2. The quantitative estimate of drug-likeness (QED) is 0.0320. The molecule has 84 heavy (non-hydrogen) atoms. The number of rotatable bonds is 73. The van der Waals surface area contributed by atoms with Gasteiger partial charge < -0.3 is 20.3 Å². The fourth-order valence-electron chi connectivity index (χ4n) is 12.4. The molecular weight excluding hydrogens is 1030 g/mol. The molecule has 2 atom stereocenters. The molecule has 0 rings (SSSR count). The van der Waals surface area contributed by atoms with Crippen molar-refractivity contribution in [3.8, 4) is 0 Å². The van der Waals surface area contributed by atoms with Gasteiger partial charge in [-0.05, 0) is 57.8 Å². The lowest BCUT2D eigenvalue weighted by molar-refractivity contribution is -0.143. The predicted molar refractivity (Wildman–Crippen MR) is 370 cm³/mol. The number of amides is 1. The number of hydrogen-bond donors (Lipinski definition) is 3. The van der Waals surface area contributed by atoms with Gasteiger partial charge in [0.05, 0.1) is 25.4 Å². The second kappa shape index (κ2) is 73.8. The second-order valence-electron chi connectivity index (χ2n) is 26.7. The van der Waals surface area contributed by atoms with Gasteiger partial charge in [0.15, 0.2) is 0 Å². The number of esters is 1. The number of ether oxygens (including phenoxy) is 1. The Kier molecular flexibility index (Phi) is 72.3. The first-order valence-corrected chi connectivity index (χ1v) is 38.6. The highest BCUT2D eigenvalue weighted by Crippen LogP contribution is 2.20. The molecule has 0 aliphatic heterocycles. The minimum atomic E-state index is -0.664. The molecule has 0 aromatic heterocycles. The Labute approximate surface area is 526 Å². The molecule has 0 spiro atoms. The molecule has 3 N–H and O–H groups in total. The van der Waals surface area contributed by atoms with Crippen LogP contribution in [0.5, 0.6) is 0 Å². The highest BCUT2D eigenvalue weighted by Gasteiger charge is 2.20. The van der Waals surface area contributed by atoms with E-state index in [0.29, 0.717) is 25.9 Å². The molecule has 0 saturated heterocycles. The van der Waals surface area contributed by atoms with E-state index in [1.54, 1.807) is 0 Å². The van der Waals surface area contributed by atoms with E-state index in [4.69, 9.17) is 4.74 Å². The third-order valence-electron chi connectivity index (χ3n) is 18.3. The molecule has 0 saturated carbocycles. The summed E-state index contributed by atoms with van der Waals surface area (Å²) in [6.45, 7) is 5.00. The second-order valence-corrected chi connectivity index (χ2v) is 26.7. The summed E-state index contributed by atoms with van der Waals surface area (Å²) in [6, 6.07) is -0.541. The zero-order valence-corrected chi connectivity index (χ0v) is 57.2. The first-order chi connectivity index (χ1) is 41.5. The van der Waals surface area contributed by atoms with Crippen molar-refractivity contribution < 1.29 is 24.5 Å². The molecule has 498 valence electrons. The number of aliphatic hydroxyl groups is 2. The molecule has 0 aliphatic carbocycles. The molecule has 0 radical (unpaired) electrons. The number of carbonyl (C=O) groups is 2. The van der Waals surface area contributed by atoms with Crippen LogP contribution in [0.4, 0.5) is 0 Å². The molecule has 1 amide bonds. The van der Waals surface area contributed by atoms with Crippen LogP contribution in [0.3, 0.4) is 0 Å². The maximum Gasteiger partial charge on any atom is 0.305 e. The standard InChI is InChI=1S/C78H151NO5/c1-3-5-7-9-11-13-15-17-19-21-35-40-44-48-52-56-60-64-68-72-78(83)84-73-69-65-61-57-53-49-45-41-37-34-32-30-28-26-24-22-23-25-27-29-31-33-36-39-43-47-51-55-59-63-67-71-77(82)79-75(74-80)76(81)70-66-62-58-54-50-46-42-38-20-18-16-14-12-10-8-6-4-2/h24,26,30,32,75-76,80-81H,3-23,25,27-29,31,33-74H2,1-2H3,(H,79,82)/b26-24-,32-30-. The van der Waals surface area contributed by atoms with Gasteiger partial charge in [0.1, 0.15) is 0 Å². The zero-order chi connectivity index (χ0) is 60.6. The molecular formula is C78H151NO5. The molecule has 6 heteroatoms. The van der Waals surface area contributed by atoms with Gasteiger partial charge in [0, 0.05) is 12.8 Å². The van der Waals surface area contributed by atoms with Crippen molar-refractivity contribution >= 4 is 11.9 Å². The van der Waals surface area contributed by atoms with Crippen LogP contribution in [-0.2, 0) is 14.3 Å². The van der Waals surface area contributed by atoms with Gasteiger partial charge in [-0.15, -0.1) is 0 Å². The fraction of sp³-hybridized carbons (Fsp3) is 0.923. The summed E-state index contributed by atoms with van der Waals surface area (Å²) >= 11 is 0. The lowest BCUT2D eigenvalue weighted by Gasteiger charge is -2.22. The molecule has 6 nitrogen and oxygen atoms in total.